The zero-order valence-corrected chi connectivity index (χ0v) is 16.7. The number of sulfonamides is 1. The van der Waals surface area contributed by atoms with Gasteiger partial charge in [0.1, 0.15) is 0 Å². The van der Waals surface area contributed by atoms with E-state index in [0.29, 0.717) is 12.1 Å². The third-order valence-corrected chi connectivity index (χ3v) is 7.15. The van der Waals surface area contributed by atoms with Gasteiger partial charge in [-0.15, -0.1) is 6.58 Å². The number of nitrogens with zero attached hydrogens (tertiary/aromatic N) is 2. The predicted molar refractivity (Wildman–Crippen MR) is 111 cm³/mol. The van der Waals surface area contributed by atoms with Crippen LogP contribution >= 0.6 is 0 Å². The molecule has 2 aromatic carbocycles. The van der Waals surface area contributed by atoms with Crippen LogP contribution in [0.5, 0.6) is 0 Å². The van der Waals surface area contributed by atoms with Crippen molar-refractivity contribution in [3.05, 3.63) is 66.7 Å². The van der Waals surface area contributed by atoms with Crippen LogP contribution in [0, 0.1) is 5.92 Å². The first-order chi connectivity index (χ1) is 13.4. The second-order valence-electron chi connectivity index (χ2n) is 7.49. The molecule has 1 saturated carbocycles. The number of hydrogen-bond donors (Lipinski definition) is 0. The molecular weight excluding hydrogens is 372 g/mol. The van der Waals surface area contributed by atoms with Gasteiger partial charge in [0.25, 0.3) is 10.0 Å². The third-order valence-electron chi connectivity index (χ3n) is 5.36. The summed E-state index contributed by atoms with van der Waals surface area (Å²) >= 11 is 0. The number of rotatable bonds is 6. The molecule has 6 heteroatoms. The summed E-state index contributed by atoms with van der Waals surface area (Å²) in [4.78, 5) is 14.7. The molecule has 0 aromatic heterocycles. The van der Waals surface area contributed by atoms with Crippen LogP contribution in [-0.4, -0.2) is 26.9 Å². The maximum atomic E-state index is 13.3. The Kier molecular flexibility index (Phi) is 4.75. The van der Waals surface area contributed by atoms with Gasteiger partial charge in [0.05, 0.1) is 17.1 Å². The number of carbonyl (C=O) groups is 1. The van der Waals surface area contributed by atoms with Gasteiger partial charge < -0.3 is 4.90 Å². The highest BCUT2D eigenvalue weighted by molar-refractivity contribution is 7.92. The Labute approximate surface area is 166 Å². The van der Waals surface area contributed by atoms with Gasteiger partial charge in [-0.2, -0.15) is 0 Å². The molecule has 1 aliphatic carbocycles. The fourth-order valence-corrected chi connectivity index (χ4v) is 5.30. The van der Waals surface area contributed by atoms with Crippen LogP contribution in [0.2, 0.25) is 0 Å². The van der Waals surface area contributed by atoms with Gasteiger partial charge in [0, 0.05) is 17.6 Å². The molecule has 1 fully saturated rings. The molecule has 146 valence electrons. The average Bonchev–Trinajstić information content (AvgIpc) is 3.48. The molecule has 4 rings (SSSR count). The van der Waals surface area contributed by atoms with E-state index in [0.717, 1.165) is 24.1 Å². The zero-order valence-electron chi connectivity index (χ0n) is 15.9. The van der Waals surface area contributed by atoms with Crippen molar-refractivity contribution in [1.29, 1.82) is 0 Å². The lowest BCUT2D eigenvalue weighted by molar-refractivity contribution is -0.120. The number of benzene rings is 2. The second-order valence-corrected chi connectivity index (χ2v) is 9.35. The lowest BCUT2D eigenvalue weighted by Gasteiger charge is -2.24. The molecule has 2 aromatic rings. The van der Waals surface area contributed by atoms with Crippen LogP contribution in [0.3, 0.4) is 0 Å². The number of amides is 1. The van der Waals surface area contributed by atoms with Crippen molar-refractivity contribution in [2.24, 2.45) is 5.92 Å². The molecule has 2 aliphatic rings. The lowest BCUT2D eigenvalue weighted by atomic mass is 10.1. The third kappa shape index (κ3) is 3.22. The first-order valence-corrected chi connectivity index (χ1v) is 11.0. The summed E-state index contributed by atoms with van der Waals surface area (Å²) in [6, 6.07) is 14.2. The largest absolute Gasteiger partial charge is 0.309 e. The Morgan fingerprint density at radius 3 is 2.57 bits per heavy atom. The van der Waals surface area contributed by atoms with Crippen LogP contribution in [0.4, 0.5) is 11.4 Å². The first-order valence-electron chi connectivity index (χ1n) is 9.58. The molecule has 0 bridgehead atoms. The minimum atomic E-state index is -3.74. The standard InChI is InChI=1S/C22H24N2O3S/c1-3-13-23(19-7-5-4-6-8-19)28(26,27)20-11-12-21-18(15-20)14-16(2)24(21)22(25)17-9-10-17/h3-8,11-12,15-17H,1,9-10,13-14H2,2H3/t16-/m0/s1. The van der Waals surface area contributed by atoms with Crippen molar-refractivity contribution < 1.29 is 13.2 Å². The number of fused-ring (bicyclic) bond motifs is 1. The van der Waals surface area contributed by atoms with Crippen LogP contribution in [0.25, 0.3) is 0 Å². The molecule has 0 N–H and O–H groups in total. The number of carbonyl (C=O) groups excluding carboxylic acids is 1. The minimum Gasteiger partial charge on any atom is -0.309 e. The highest BCUT2D eigenvalue weighted by Crippen LogP contribution is 2.40. The van der Waals surface area contributed by atoms with E-state index in [1.165, 1.54) is 4.31 Å². The Bertz CT molecular complexity index is 1010. The average molecular weight is 397 g/mol. The number of para-hydroxylation sites is 1. The van der Waals surface area contributed by atoms with Gasteiger partial charge in [-0.3, -0.25) is 9.10 Å². The first kappa shape index (κ1) is 18.7. The molecule has 0 spiro atoms. The van der Waals surface area contributed by atoms with Crippen LogP contribution < -0.4 is 9.21 Å². The van der Waals surface area contributed by atoms with Gasteiger partial charge >= 0.3 is 0 Å². The van der Waals surface area contributed by atoms with Gasteiger partial charge in [-0.05, 0) is 62.1 Å². The fourth-order valence-electron chi connectivity index (χ4n) is 3.81. The Morgan fingerprint density at radius 1 is 1.21 bits per heavy atom. The molecule has 28 heavy (non-hydrogen) atoms. The van der Waals surface area contributed by atoms with E-state index < -0.39 is 10.0 Å². The Morgan fingerprint density at radius 2 is 1.93 bits per heavy atom. The summed E-state index contributed by atoms with van der Waals surface area (Å²) in [6.07, 6.45) is 4.16. The maximum Gasteiger partial charge on any atom is 0.264 e. The van der Waals surface area contributed by atoms with E-state index in [1.807, 2.05) is 30.0 Å². The van der Waals surface area contributed by atoms with E-state index >= 15 is 0 Å². The molecule has 1 heterocycles. The second kappa shape index (κ2) is 7.09. The monoisotopic (exact) mass is 396 g/mol. The van der Waals surface area contributed by atoms with Crippen molar-refractivity contribution in [2.45, 2.75) is 37.1 Å². The quantitative estimate of drug-likeness (QED) is 0.699. The Hall–Kier alpha value is -2.60. The van der Waals surface area contributed by atoms with Crippen LogP contribution in [-0.2, 0) is 21.2 Å². The van der Waals surface area contributed by atoms with Gasteiger partial charge in [-0.25, -0.2) is 8.42 Å². The summed E-state index contributed by atoms with van der Waals surface area (Å²) < 4.78 is 28.0. The molecule has 5 nitrogen and oxygen atoms in total. The van der Waals surface area contributed by atoms with Crippen molar-refractivity contribution in [1.82, 2.24) is 0 Å². The zero-order chi connectivity index (χ0) is 19.9. The van der Waals surface area contributed by atoms with Crippen molar-refractivity contribution in [2.75, 3.05) is 15.7 Å². The molecule has 1 atom stereocenters. The highest BCUT2D eigenvalue weighted by atomic mass is 32.2. The fraction of sp³-hybridized carbons (Fsp3) is 0.318. The normalized spacial score (nSPS) is 18.6. The molecular formula is C22H24N2O3S. The van der Waals surface area contributed by atoms with Crippen LogP contribution in [0.1, 0.15) is 25.3 Å². The molecule has 1 amide bonds. The van der Waals surface area contributed by atoms with Crippen LogP contribution in [0.15, 0.2) is 66.1 Å². The van der Waals surface area contributed by atoms with Crippen molar-refractivity contribution in [3.63, 3.8) is 0 Å². The topological polar surface area (TPSA) is 57.7 Å². The SMILES string of the molecule is C=CCN(c1ccccc1)S(=O)(=O)c1ccc2c(c1)C[C@H](C)N2C(=O)C1CC1. The highest BCUT2D eigenvalue weighted by Gasteiger charge is 2.40. The number of anilines is 2. The van der Waals surface area contributed by atoms with E-state index in [1.54, 1.807) is 36.4 Å². The molecule has 0 radical (unpaired) electrons. The van der Waals surface area contributed by atoms with Crippen molar-refractivity contribution >= 4 is 27.3 Å². The minimum absolute atomic E-state index is 0.0551. The smallest absolute Gasteiger partial charge is 0.264 e. The molecule has 1 aliphatic heterocycles. The maximum absolute atomic E-state index is 13.3. The van der Waals surface area contributed by atoms with Gasteiger partial charge in [-0.1, -0.05) is 24.3 Å². The summed E-state index contributed by atoms with van der Waals surface area (Å²) in [5.41, 5.74) is 2.36. The number of hydrogen-bond acceptors (Lipinski definition) is 3. The van der Waals surface area contributed by atoms with E-state index in [2.05, 4.69) is 6.58 Å². The lowest BCUT2D eigenvalue weighted by Crippen LogP contribution is -2.36. The van der Waals surface area contributed by atoms with Gasteiger partial charge in [0.2, 0.25) is 5.91 Å². The summed E-state index contributed by atoms with van der Waals surface area (Å²) in [7, 11) is -3.74. The van der Waals surface area contributed by atoms with E-state index in [-0.39, 0.29) is 29.3 Å². The summed E-state index contributed by atoms with van der Waals surface area (Å²) in [5.74, 6) is 0.303. The van der Waals surface area contributed by atoms with Crippen molar-refractivity contribution in [3.8, 4) is 0 Å². The summed E-state index contributed by atoms with van der Waals surface area (Å²) in [6.45, 7) is 5.91. The summed E-state index contributed by atoms with van der Waals surface area (Å²) in [5, 5.41) is 0. The molecule has 0 saturated heterocycles. The Balaban J connectivity index is 1.70. The van der Waals surface area contributed by atoms with E-state index in [4.69, 9.17) is 0 Å². The van der Waals surface area contributed by atoms with E-state index in [9.17, 15) is 13.2 Å². The van der Waals surface area contributed by atoms with Gasteiger partial charge in [0.15, 0.2) is 0 Å². The molecule has 0 unspecified atom stereocenters. The predicted octanol–water partition coefficient (Wildman–Crippen LogP) is 3.76.